The number of hydrogen-bond acceptors (Lipinski definition) is 4. The van der Waals surface area contributed by atoms with Gasteiger partial charge in [-0.05, 0) is 6.42 Å². The van der Waals surface area contributed by atoms with E-state index in [9.17, 15) is 4.79 Å². The molecule has 0 spiro atoms. The second kappa shape index (κ2) is 6.31. The van der Waals surface area contributed by atoms with Gasteiger partial charge in [-0.3, -0.25) is 0 Å². The largest absolute Gasteiger partial charge is 0.478 e. The van der Waals surface area contributed by atoms with E-state index in [1.165, 1.54) is 0 Å². The van der Waals surface area contributed by atoms with Gasteiger partial charge >= 0.3 is 5.97 Å². The van der Waals surface area contributed by atoms with E-state index in [1.807, 2.05) is 5.38 Å². The molecule has 2 N–H and O–H groups in total. The molecule has 4 nitrogen and oxygen atoms in total. The monoisotopic (exact) mass is 226 g/mol. The summed E-state index contributed by atoms with van der Waals surface area (Å²) < 4.78 is 0. The Balaban J connectivity index is 2.39. The normalized spacial score (nSPS) is 13.1. The highest BCUT2D eigenvalue weighted by Gasteiger charge is 2.09. The first kappa shape index (κ1) is 11.9. The molecule has 0 bridgehead atoms. The van der Waals surface area contributed by atoms with Gasteiger partial charge in [0.1, 0.15) is 5.01 Å². The van der Waals surface area contributed by atoms with Crippen molar-refractivity contribution in [2.45, 2.75) is 19.4 Å². The van der Waals surface area contributed by atoms with Crippen LogP contribution in [-0.4, -0.2) is 22.6 Å². The molecule has 0 aliphatic heterocycles. The van der Waals surface area contributed by atoms with Crippen LogP contribution >= 0.6 is 11.3 Å². The molecule has 0 fully saturated rings. The summed E-state index contributed by atoms with van der Waals surface area (Å²) in [4.78, 5) is 14.4. The maximum absolute atomic E-state index is 10.2. The van der Waals surface area contributed by atoms with E-state index in [0.717, 1.165) is 17.5 Å². The Morgan fingerprint density at radius 2 is 2.60 bits per heavy atom. The summed E-state index contributed by atoms with van der Waals surface area (Å²) >= 11 is 1.61. The van der Waals surface area contributed by atoms with E-state index in [4.69, 9.17) is 5.11 Å². The summed E-state index contributed by atoms with van der Waals surface area (Å²) in [7, 11) is 0. The van der Waals surface area contributed by atoms with Crippen LogP contribution in [0.1, 0.15) is 24.4 Å². The molecule has 0 saturated heterocycles. The lowest BCUT2D eigenvalue weighted by Crippen LogP contribution is -2.20. The third kappa shape index (κ3) is 4.22. The number of nitrogens with one attached hydrogen (secondary N) is 1. The summed E-state index contributed by atoms with van der Waals surface area (Å²) in [5.74, 6) is -0.918. The molecule has 5 heteroatoms. The van der Waals surface area contributed by atoms with Crippen LogP contribution in [0, 0.1) is 0 Å². The zero-order valence-corrected chi connectivity index (χ0v) is 9.33. The molecule has 1 rings (SSSR count). The maximum atomic E-state index is 10.2. The molecule has 82 valence electrons. The number of carboxylic acid groups (broad SMARTS) is 1. The molecule has 1 heterocycles. The fraction of sp³-hybridized carbons (Fsp3) is 0.400. The molecule has 0 amide bonds. The number of rotatable bonds is 6. The molecule has 1 aromatic rings. The Kier molecular flexibility index (Phi) is 5.00. The van der Waals surface area contributed by atoms with Crippen LogP contribution in [0.3, 0.4) is 0 Å². The SMILES string of the molecule is CCC(NC/C=C/C(=O)O)c1nccs1. The molecule has 1 aromatic heterocycles. The molecule has 15 heavy (non-hydrogen) atoms. The lowest BCUT2D eigenvalue weighted by atomic mass is 10.2. The number of thiazole rings is 1. The first-order chi connectivity index (χ1) is 7.24. The van der Waals surface area contributed by atoms with E-state index in [2.05, 4.69) is 17.2 Å². The number of nitrogens with zero attached hydrogens (tertiary/aromatic N) is 1. The Hall–Kier alpha value is -1.20. The van der Waals surface area contributed by atoms with Crippen LogP contribution in [0.2, 0.25) is 0 Å². The van der Waals surface area contributed by atoms with Crippen molar-refractivity contribution < 1.29 is 9.90 Å². The Morgan fingerprint density at radius 1 is 1.80 bits per heavy atom. The number of aliphatic carboxylic acids is 1. The van der Waals surface area contributed by atoms with E-state index < -0.39 is 5.97 Å². The summed E-state index contributed by atoms with van der Waals surface area (Å²) in [5.41, 5.74) is 0. The molecular formula is C10H14N2O2S. The van der Waals surface area contributed by atoms with Crippen molar-refractivity contribution in [3.8, 4) is 0 Å². The fourth-order valence-electron chi connectivity index (χ4n) is 1.18. The molecule has 0 aromatic carbocycles. The summed E-state index contributed by atoms with van der Waals surface area (Å²) in [6.45, 7) is 2.62. The van der Waals surface area contributed by atoms with Crippen molar-refractivity contribution in [3.05, 3.63) is 28.7 Å². The van der Waals surface area contributed by atoms with Crippen LogP contribution in [-0.2, 0) is 4.79 Å². The molecule has 0 aliphatic carbocycles. The third-order valence-electron chi connectivity index (χ3n) is 1.90. The first-order valence-corrected chi connectivity index (χ1v) is 5.64. The van der Waals surface area contributed by atoms with Gasteiger partial charge in [-0.15, -0.1) is 11.3 Å². The molecule has 0 aliphatic rings. The van der Waals surface area contributed by atoms with Gasteiger partial charge in [0.05, 0.1) is 6.04 Å². The number of hydrogen-bond donors (Lipinski definition) is 2. The zero-order valence-electron chi connectivity index (χ0n) is 8.51. The average Bonchev–Trinajstić information content (AvgIpc) is 2.70. The van der Waals surface area contributed by atoms with Gasteiger partial charge in [0.2, 0.25) is 0 Å². The van der Waals surface area contributed by atoms with Crippen molar-refractivity contribution in [1.29, 1.82) is 0 Å². The minimum Gasteiger partial charge on any atom is -0.478 e. The highest BCUT2D eigenvalue weighted by atomic mass is 32.1. The predicted molar refractivity (Wildman–Crippen MR) is 59.9 cm³/mol. The van der Waals surface area contributed by atoms with Gasteiger partial charge in [-0.2, -0.15) is 0 Å². The van der Waals surface area contributed by atoms with Crippen LogP contribution in [0.25, 0.3) is 0 Å². The second-order valence-corrected chi connectivity index (χ2v) is 3.91. The first-order valence-electron chi connectivity index (χ1n) is 4.76. The van der Waals surface area contributed by atoms with E-state index in [0.29, 0.717) is 6.54 Å². The van der Waals surface area contributed by atoms with Crippen molar-refractivity contribution in [1.82, 2.24) is 10.3 Å². The van der Waals surface area contributed by atoms with Crippen LogP contribution in [0.15, 0.2) is 23.7 Å². The molecule has 1 atom stereocenters. The summed E-state index contributed by atoms with van der Waals surface area (Å²) in [6, 6.07) is 0.212. The van der Waals surface area contributed by atoms with Crippen molar-refractivity contribution in [3.63, 3.8) is 0 Å². The molecule has 1 unspecified atom stereocenters. The standard InChI is InChI=1S/C10H14N2O2S/c1-2-8(10-12-6-7-15-10)11-5-3-4-9(13)14/h3-4,6-8,11H,2,5H2,1H3,(H,13,14)/b4-3+. The third-order valence-corrected chi connectivity index (χ3v) is 2.79. The molecule has 0 saturated carbocycles. The van der Waals surface area contributed by atoms with Gasteiger partial charge in [0.25, 0.3) is 0 Å². The van der Waals surface area contributed by atoms with Crippen molar-refractivity contribution >= 4 is 17.3 Å². The highest BCUT2D eigenvalue weighted by Crippen LogP contribution is 2.18. The number of carbonyl (C=O) groups is 1. The lowest BCUT2D eigenvalue weighted by molar-refractivity contribution is -0.131. The van der Waals surface area contributed by atoms with Gasteiger partial charge in [0, 0.05) is 24.2 Å². The average molecular weight is 226 g/mol. The maximum Gasteiger partial charge on any atom is 0.328 e. The lowest BCUT2D eigenvalue weighted by Gasteiger charge is -2.12. The molecule has 0 radical (unpaired) electrons. The summed E-state index contributed by atoms with van der Waals surface area (Å²) in [5, 5.41) is 14.6. The van der Waals surface area contributed by atoms with Gasteiger partial charge in [0.15, 0.2) is 0 Å². The Bertz CT molecular complexity index is 322. The van der Waals surface area contributed by atoms with E-state index in [1.54, 1.807) is 23.6 Å². The molecular weight excluding hydrogens is 212 g/mol. The van der Waals surface area contributed by atoms with Crippen molar-refractivity contribution in [2.24, 2.45) is 0 Å². The van der Waals surface area contributed by atoms with Crippen LogP contribution < -0.4 is 5.32 Å². The zero-order chi connectivity index (χ0) is 11.1. The minimum absolute atomic E-state index is 0.212. The highest BCUT2D eigenvalue weighted by molar-refractivity contribution is 7.09. The van der Waals surface area contributed by atoms with Gasteiger partial charge in [-0.1, -0.05) is 13.0 Å². The van der Waals surface area contributed by atoms with Gasteiger partial charge in [-0.25, -0.2) is 9.78 Å². The van der Waals surface area contributed by atoms with E-state index >= 15 is 0 Å². The van der Waals surface area contributed by atoms with Gasteiger partial charge < -0.3 is 10.4 Å². The smallest absolute Gasteiger partial charge is 0.328 e. The summed E-state index contributed by atoms with van der Waals surface area (Å²) in [6.07, 6.45) is 5.45. The quantitative estimate of drug-likeness (QED) is 0.726. The van der Waals surface area contributed by atoms with Crippen LogP contribution in [0.5, 0.6) is 0 Å². The Morgan fingerprint density at radius 3 is 3.13 bits per heavy atom. The fourth-order valence-corrected chi connectivity index (χ4v) is 1.98. The predicted octanol–water partition coefficient (Wildman–Crippen LogP) is 1.82. The minimum atomic E-state index is -0.918. The van der Waals surface area contributed by atoms with E-state index in [-0.39, 0.29) is 6.04 Å². The van der Waals surface area contributed by atoms with Crippen molar-refractivity contribution in [2.75, 3.05) is 6.54 Å². The number of carboxylic acids is 1. The topological polar surface area (TPSA) is 62.2 Å². The Labute approximate surface area is 92.7 Å². The van der Waals surface area contributed by atoms with Crippen LogP contribution in [0.4, 0.5) is 0 Å². The second-order valence-electron chi connectivity index (χ2n) is 2.98. The number of aromatic nitrogens is 1.